The zero-order chi connectivity index (χ0) is 40.3. The highest BCUT2D eigenvalue weighted by molar-refractivity contribution is 6.32. The van der Waals surface area contributed by atoms with E-state index in [1.165, 1.54) is 35.9 Å². The number of halogens is 8. The SMILES string of the molecule is Cc1cc(O)c(-c2cc(C(N)=O)ccc2OC(F)(F)F)cc1Cl.Cc1cc(OCc2n[nH]c(=O)n2C)c(-c2cc(C(N)=O)ccc2OC(F)(F)F)cc1Cl. The molecule has 12 nitrogen and oxygen atoms in total. The van der Waals surface area contributed by atoms with E-state index in [-0.39, 0.29) is 67.4 Å². The molecule has 1 aromatic heterocycles. The lowest BCUT2D eigenvalue weighted by atomic mass is 9.99. The fraction of sp³-hybridized carbons (Fsp3) is 0.176. The Labute approximate surface area is 310 Å². The zero-order valence-electron chi connectivity index (χ0n) is 28.0. The topological polar surface area (TPSA) is 185 Å². The Morgan fingerprint density at radius 2 is 1.20 bits per heavy atom. The van der Waals surface area contributed by atoms with Gasteiger partial charge in [0, 0.05) is 50.5 Å². The Morgan fingerprint density at radius 3 is 1.65 bits per heavy atom. The molecule has 5 rings (SSSR count). The van der Waals surface area contributed by atoms with Gasteiger partial charge in [-0.05, 0) is 85.6 Å². The van der Waals surface area contributed by atoms with Gasteiger partial charge in [0.2, 0.25) is 11.8 Å². The van der Waals surface area contributed by atoms with Crippen molar-refractivity contribution in [3.8, 4) is 45.3 Å². The Balaban J connectivity index is 0.000000252. The van der Waals surface area contributed by atoms with Crippen molar-refractivity contribution in [2.24, 2.45) is 18.5 Å². The Kier molecular flexibility index (Phi) is 12.1. The van der Waals surface area contributed by atoms with Gasteiger partial charge in [0.15, 0.2) is 5.82 Å². The molecule has 0 radical (unpaired) electrons. The minimum absolute atomic E-state index is 0.0112. The van der Waals surface area contributed by atoms with E-state index in [0.717, 1.165) is 36.4 Å². The standard InChI is InChI=1S/C19H16ClF3N4O4.C15H11ClF3NO3/c1-9-5-15(30-8-16-25-26-18(29)27(16)2)12(7-13(9)20)11-6-10(17(24)28)3-4-14(11)31-19(21,22)23;1-7-4-12(21)9(6-11(7)16)10-5-8(14(20)22)2-3-13(10)23-15(17,18)19/h3-7H,8H2,1-2H3,(H2,24,28)(H,26,29);2-6,21H,1H3,(H2,20,22). The number of aromatic nitrogens is 3. The second-order valence-electron chi connectivity index (χ2n) is 11.3. The fourth-order valence-electron chi connectivity index (χ4n) is 4.73. The number of benzene rings is 4. The van der Waals surface area contributed by atoms with Crippen molar-refractivity contribution >= 4 is 35.0 Å². The molecule has 0 spiro atoms. The summed E-state index contributed by atoms with van der Waals surface area (Å²) in [6, 6.07) is 11.9. The Bertz CT molecular complexity index is 2290. The van der Waals surface area contributed by atoms with Gasteiger partial charge in [-0.15, -0.1) is 26.3 Å². The molecule has 0 saturated carbocycles. The lowest BCUT2D eigenvalue weighted by Crippen LogP contribution is -2.18. The van der Waals surface area contributed by atoms with Gasteiger partial charge in [0.1, 0.15) is 29.6 Å². The second kappa shape index (κ2) is 16.0. The number of hydrogen-bond donors (Lipinski definition) is 4. The van der Waals surface area contributed by atoms with Crippen LogP contribution in [0.15, 0.2) is 65.5 Å². The summed E-state index contributed by atoms with van der Waals surface area (Å²) < 4.78 is 91.5. The molecule has 0 aliphatic rings. The van der Waals surface area contributed by atoms with Crippen molar-refractivity contribution in [3.05, 3.63) is 109 Å². The summed E-state index contributed by atoms with van der Waals surface area (Å²) in [5.41, 5.74) is 10.9. The minimum Gasteiger partial charge on any atom is -0.507 e. The van der Waals surface area contributed by atoms with E-state index in [0.29, 0.717) is 11.1 Å². The average molecular weight is 803 g/mol. The highest BCUT2D eigenvalue weighted by Gasteiger charge is 2.34. The second-order valence-corrected chi connectivity index (χ2v) is 12.1. The fourth-order valence-corrected chi connectivity index (χ4v) is 5.06. The molecule has 0 bridgehead atoms. The summed E-state index contributed by atoms with van der Waals surface area (Å²) in [6.07, 6.45) is -9.92. The van der Waals surface area contributed by atoms with Crippen LogP contribution in [0.5, 0.6) is 23.0 Å². The molecule has 0 unspecified atom stereocenters. The number of nitrogens with two attached hydrogens (primary N) is 2. The molecule has 0 saturated heterocycles. The molecule has 2 amide bonds. The molecular weight excluding hydrogens is 775 g/mol. The van der Waals surface area contributed by atoms with E-state index < -0.39 is 41.7 Å². The maximum Gasteiger partial charge on any atom is 0.573 e. The summed E-state index contributed by atoms with van der Waals surface area (Å²) in [7, 11) is 1.48. The van der Waals surface area contributed by atoms with Crippen molar-refractivity contribution in [3.63, 3.8) is 0 Å². The monoisotopic (exact) mass is 801 g/mol. The lowest BCUT2D eigenvalue weighted by molar-refractivity contribution is -0.275. The van der Waals surface area contributed by atoms with E-state index in [1.54, 1.807) is 13.8 Å². The number of carbonyl (C=O) groups excluding carboxylic acids is 2. The number of aromatic amines is 1. The number of amides is 2. The number of phenolic OH excluding ortho intramolecular Hbond substituents is 1. The summed E-state index contributed by atoms with van der Waals surface area (Å²) in [5.74, 6) is -2.76. The van der Waals surface area contributed by atoms with Crippen LogP contribution < -0.4 is 31.4 Å². The van der Waals surface area contributed by atoms with Crippen molar-refractivity contribution in [1.29, 1.82) is 0 Å². The number of primary amides is 2. The van der Waals surface area contributed by atoms with Crippen LogP contribution in [0.4, 0.5) is 26.3 Å². The summed E-state index contributed by atoms with van der Waals surface area (Å²) in [5, 5.41) is 16.6. The third-order valence-corrected chi connectivity index (χ3v) is 8.24. The van der Waals surface area contributed by atoms with Crippen LogP contribution >= 0.6 is 23.2 Å². The minimum atomic E-state index is -4.98. The van der Waals surface area contributed by atoms with E-state index in [4.69, 9.17) is 39.4 Å². The molecule has 1 heterocycles. The predicted octanol–water partition coefficient (Wildman–Crippen LogP) is 7.33. The van der Waals surface area contributed by atoms with Crippen molar-refractivity contribution < 1.29 is 55.2 Å². The normalized spacial score (nSPS) is 11.4. The van der Waals surface area contributed by atoms with Crippen molar-refractivity contribution in [2.45, 2.75) is 33.2 Å². The number of alkyl halides is 6. The van der Waals surface area contributed by atoms with E-state index in [9.17, 15) is 45.8 Å². The van der Waals surface area contributed by atoms with Gasteiger partial charge in [-0.2, -0.15) is 5.10 Å². The summed E-state index contributed by atoms with van der Waals surface area (Å²) in [4.78, 5) is 34.4. The first-order chi connectivity index (χ1) is 25.0. The van der Waals surface area contributed by atoms with Crippen LogP contribution in [0.1, 0.15) is 37.7 Å². The quantitative estimate of drug-likeness (QED) is 0.112. The maximum atomic E-state index is 12.9. The van der Waals surface area contributed by atoms with Gasteiger partial charge in [-0.25, -0.2) is 9.89 Å². The molecule has 0 aliphatic carbocycles. The maximum absolute atomic E-state index is 12.9. The number of phenols is 1. The number of aryl methyl sites for hydroxylation is 2. The third-order valence-electron chi connectivity index (χ3n) is 7.43. The van der Waals surface area contributed by atoms with Gasteiger partial charge >= 0.3 is 18.4 Å². The molecule has 4 aromatic carbocycles. The molecule has 6 N–H and O–H groups in total. The van der Waals surface area contributed by atoms with Gasteiger partial charge in [-0.3, -0.25) is 14.2 Å². The first kappa shape index (κ1) is 40.9. The number of rotatable bonds is 9. The first-order valence-corrected chi connectivity index (χ1v) is 15.7. The Morgan fingerprint density at radius 1 is 0.759 bits per heavy atom. The van der Waals surface area contributed by atoms with E-state index in [1.807, 2.05) is 0 Å². The van der Waals surface area contributed by atoms with Crippen LogP contribution in [0.2, 0.25) is 10.0 Å². The number of nitrogens with one attached hydrogen (secondary N) is 1. The highest BCUT2D eigenvalue weighted by atomic mass is 35.5. The molecule has 5 aromatic rings. The molecule has 54 heavy (non-hydrogen) atoms. The predicted molar refractivity (Wildman–Crippen MR) is 183 cm³/mol. The van der Waals surface area contributed by atoms with Gasteiger partial charge in [0.25, 0.3) is 0 Å². The number of nitrogens with zero attached hydrogens (tertiary/aromatic N) is 2. The molecule has 0 atom stereocenters. The number of H-pyrrole nitrogens is 1. The number of carbonyl (C=O) groups is 2. The highest BCUT2D eigenvalue weighted by Crippen LogP contribution is 2.43. The largest absolute Gasteiger partial charge is 0.573 e. The Hall–Kier alpha value is -5.88. The van der Waals surface area contributed by atoms with Gasteiger partial charge in [0.05, 0.1) is 0 Å². The molecule has 286 valence electrons. The molecular formula is C34H27Cl2F6N5O7. The number of ether oxygens (including phenoxy) is 3. The summed E-state index contributed by atoms with van der Waals surface area (Å²) >= 11 is 12.2. The number of aromatic hydroxyl groups is 1. The third kappa shape index (κ3) is 10.2. The smallest absolute Gasteiger partial charge is 0.507 e. The van der Waals surface area contributed by atoms with Crippen molar-refractivity contribution in [2.75, 3.05) is 0 Å². The molecule has 20 heteroatoms. The molecule has 0 aliphatic heterocycles. The number of hydrogen-bond acceptors (Lipinski definition) is 8. The molecule has 0 fully saturated rings. The van der Waals surface area contributed by atoms with Gasteiger partial charge in [-0.1, -0.05) is 23.2 Å². The van der Waals surface area contributed by atoms with E-state index in [2.05, 4.69) is 19.7 Å². The van der Waals surface area contributed by atoms with Crippen molar-refractivity contribution in [1.82, 2.24) is 14.8 Å². The van der Waals surface area contributed by atoms with Crippen LogP contribution in [0.3, 0.4) is 0 Å². The van der Waals surface area contributed by atoms with E-state index >= 15 is 0 Å². The van der Waals surface area contributed by atoms with Crippen LogP contribution in [0.25, 0.3) is 22.3 Å². The lowest BCUT2D eigenvalue weighted by Gasteiger charge is -2.18. The zero-order valence-corrected chi connectivity index (χ0v) is 29.5. The first-order valence-electron chi connectivity index (χ1n) is 15.0. The van der Waals surface area contributed by atoms with Crippen LogP contribution in [-0.4, -0.2) is 44.4 Å². The average Bonchev–Trinajstić information content (AvgIpc) is 3.38. The van der Waals surface area contributed by atoms with Crippen LogP contribution in [0, 0.1) is 13.8 Å². The van der Waals surface area contributed by atoms with Crippen LogP contribution in [-0.2, 0) is 13.7 Å². The summed E-state index contributed by atoms with van der Waals surface area (Å²) in [6.45, 7) is 3.13. The van der Waals surface area contributed by atoms with Gasteiger partial charge < -0.3 is 30.8 Å².